The molecular weight excluding hydrogens is 917 g/mol. The predicted octanol–water partition coefficient (Wildman–Crippen LogP) is 9.36. The van der Waals surface area contributed by atoms with Crippen molar-refractivity contribution in [3.8, 4) is 34.1 Å². The lowest BCUT2D eigenvalue weighted by Gasteiger charge is -2.11. The zero-order valence-electron chi connectivity index (χ0n) is 40.1. The van der Waals surface area contributed by atoms with Gasteiger partial charge in [0.15, 0.2) is 5.78 Å². The number of carbonyl (C=O) groups excluding carboxylic acids is 8. The van der Waals surface area contributed by atoms with Crippen molar-refractivity contribution in [2.75, 3.05) is 33.0 Å². The van der Waals surface area contributed by atoms with E-state index < -0.39 is 41.8 Å². The fourth-order valence-corrected chi connectivity index (χ4v) is 6.41. The van der Waals surface area contributed by atoms with Gasteiger partial charge in [-0.2, -0.15) is 0 Å². The molecular formula is C55H60O16. The van der Waals surface area contributed by atoms with Gasteiger partial charge in [-0.15, -0.1) is 0 Å². The van der Waals surface area contributed by atoms with Crippen LogP contribution < -0.4 is 18.9 Å². The van der Waals surface area contributed by atoms with Crippen molar-refractivity contribution < 1.29 is 76.3 Å². The molecule has 0 aliphatic heterocycles. The van der Waals surface area contributed by atoms with Gasteiger partial charge in [0.05, 0.1) is 56.8 Å². The topological polar surface area (TPSA) is 210 Å². The summed E-state index contributed by atoms with van der Waals surface area (Å²) in [6.45, 7) is 11.4. The van der Waals surface area contributed by atoms with Crippen LogP contribution in [0.25, 0.3) is 11.1 Å². The number of ketones is 1. The first kappa shape index (κ1) is 55.7. The van der Waals surface area contributed by atoms with Crippen molar-refractivity contribution in [2.24, 2.45) is 11.8 Å². The molecule has 0 fully saturated rings. The lowest BCUT2D eigenvalue weighted by atomic mass is 10.1. The second kappa shape index (κ2) is 30.6. The minimum absolute atomic E-state index is 0.0363. The lowest BCUT2D eigenvalue weighted by molar-refractivity contribution is -0.147. The van der Waals surface area contributed by atoms with Gasteiger partial charge in [-0.25, -0.2) is 19.2 Å². The van der Waals surface area contributed by atoms with Crippen molar-refractivity contribution in [2.45, 2.75) is 78.1 Å². The van der Waals surface area contributed by atoms with Crippen LogP contribution in [0.2, 0.25) is 0 Å². The molecule has 0 heterocycles. The monoisotopic (exact) mass is 976 g/mol. The summed E-state index contributed by atoms with van der Waals surface area (Å²) in [5.74, 6) is -2.56. The van der Waals surface area contributed by atoms with E-state index in [1.807, 2.05) is 13.8 Å². The van der Waals surface area contributed by atoms with Crippen molar-refractivity contribution in [3.63, 3.8) is 0 Å². The van der Waals surface area contributed by atoms with Crippen molar-refractivity contribution in [1.82, 2.24) is 0 Å². The standard InChI is InChI=1S/C55H60O16/c1-5-49(57)67-35-38(3)11-7-9-33-64-51(59)30-21-44(56)37-66-45-22-17-42(18-23-45)54(62)70-47-24-13-40(14-25-47)41-15-26-48(27-16-41)71-55(63)43-19-28-46(29-20-43)69-53(61)32-31-52(60)65-34-10-8-12-39(4)36-68-50(58)6-2/h5-6,13-20,22-29,38-39H,1-2,7-12,21,30-37H2,3-4H3. The molecule has 0 aliphatic carbocycles. The summed E-state index contributed by atoms with van der Waals surface area (Å²) in [5, 5.41) is 0. The molecule has 0 aliphatic rings. The Morgan fingerprint density at radius 3 is 1.27 bits per heavy atom. The number of Topliss-reactive ketones (excluding diaryl/α,β-unsaturated/α-hetero) is 1. The smallest absolute Gasteiger partial charge is 0.343 e. The molecule has 16 heteroatoms. The molecule has 0 radical (unpaired) electrons. The number of hydrogen-bond donors (Lipinski definition) is 0. The number of esters is 7. The Labute approximate surface area is 413 Å². The lowest BCUT2D eigenvalue weighted by Crippen LogP contribution is -2.15. The summed E-state index contributed by atoms with van der Waals surface area (Å²) < 4.78 is 42.3. The number of rotatable bonds is 31. The van der Waals surface area contributed by atoms with Crippen LogP contribution in [0.4, 0.5) is 0 Å². The Bertz CT molecular complexity index is 2400. The molecule has 0 saturated carbocycles. The number of carbonyl (C=O) groups is 8. The third-order valence-corrected chi connectivity index (χ3v) is 10.5. The van der Waals surface area contributed by atoms with Crippen LogP contribution in [0.1, 0.15) is 98.8 Å². The van der Waals surface area contributed by atoms with E-state index in [0.717, 1.165) is 49.0 Å². The summed E-state index contributed by atoms with van der Waals surface area (Å²) in [6, 6.07) is 25.6. The third kappa shape index (κ3) is 22.0. The minimum Gasteiger partial charge on any atom is -0.486 e. The third-order valence-electron chi connectivity index (χ3n) is 10.5. The van der Waals surface area contributed by atoms with Crippen LogP contribution in [0, 0.1) is 11.8 Å². The zero-order valence-corrected chi connectivity index (χ0v) is 40.1. The van der Waals surface area contributed by atoms with Crippen LogP contribution in [0.3, 0.4) is 0 Å². The maximum atomic E-state index is 12.8. The Kier molecular flexibility index (Phi) is 24.0. The predicted molar refractivity (Wildman–Crippen MR) is 260 cm³/mol. The Morgan fingerprint density at radius 2 is 0.831 bits per heavy atom. The van der Waals surface area contributed by atoms with E-state index in [4.69, 9.17) is 37.9 Å². The number of unbranched alkanes of at least 4 members (excludes halogenated alkanes) is 2. The van der Waals surface area contributed by atoms with E-state index >= 15 is 0 Å². The van der Waals surface area contributed by atoms with E-state index in [1.165, 1.54) is 48.5 Å². The SMILES string of the molecule is C=CC(=O)OCC(C)CCCCOC(=O)CCC(=O)COc1ccc(C(=O)Oc2ccc(-c3ccc(OC(=O)c4ccc(OC(=O)CCC(=O)OCCCCC(C)COC(=O)C=C)cc4)cc3)cc2)cc1. The van der Waals surface area contributed by atoms with Gasteiger partial charge < -0.3 is 37.9 Å². The van der Waals surface area contributed by atoms with E-state index in [-0.39, 0.29) is 80.0 Å². The number of benzene rings is 4. The molecule has 0 bridgehead atoms. The summed E-state index contributed by atoms with van der Waals surface area (Å²) >= 11 is 0. The highest BCUT2D eigenvalue weighted by atomic mass is 16.6. The molecule has 0 N–H and O–H groups in total. The highest BCUT2D eigenvalue weighted by Crippen LogP contribution is 2.26. The van der Waals surface area contributed by atoms with Crippen LogP contribution >= 0.6 is 0 Å². The largest absolute Gasteiger partial charge is 0.486 e. The average Bonchev–Trinajstić information content (AvgIpc) is 3.38. The highest BCUT2D eigenvalue weighted by Gasteiger charge is 2.15. The van der Waals surface area contributed by atoms with Crippen molar-refractivity contribution >= 4 is 47.6 Å². The Balaban J connectivity index is 1.09. The minimum atomic E-state index is -0.632. The molecule has 376 valence electrons. The molecule has 4 aromatic rings. The number of hydrogen-bond acceptors (Lipinski definition) is 16. The maximum absolute atomic E-state index is 12.8. The van der Waals surface area contributed by atoms with E-state index in [1.54, 1.807) is 48.5 Å². The van der Waals surface area contributed by atoms with Crippen LogP contribution in [-0.4, -0.2) is 80.6 Å². The van der Waals surface area contributed by atoms with Crippen molar-refractivity contribution in [1.29, 1.82) is 0 Å². The molecule has 0 amide bonds. The van der Waals surface area contributed by atoms with Crippen LogP contribution in [-0.2, 0) is 47.7 Å². The second-order valence-corrected chi connectivity index (χ2v) is 16.5. The maximum Gasteiger partial charge on any atom is 0.343 e. The quantitative estimate of drug-likeness (QED) is 0.0151. The van der Waals surface area contributed by atoms with Gasteiger partial charge in [0.2, 0.25) is 0 Å². The molecule has 2 atom stereocenters. The molecule has 4 aromatic carbocycles. The van der Waals surface area contributed by atoms with E-state index in [0.29, 0.717) is 43.3 Å². The molecule has 71 heavy (non-hydrogen) atoms. The molecule has 0 spiro atoms. The first-order chi connectivity index (χ1) is 34.2. The molecule has 4 rings (SSSR count). The fourth-order valence-electron chi connectivity index (χ4n) is 6.41. The first-order valence-electron chi connectivity index (χ1n) is 23.3. The molecule has 2 unspecified atom stereocenters. The summed E-state index contributed by atoms with van der Waals surface area (Å²) in [7, 11) is 0. The van der Waals surface area contributed by atoms with Crippen LogP contribution in [0.5, 0.6) is 23.0 Å². The summed E-state index contributed by atoms with van der Waals surface area (Å²) in [6.07, 6.45) is 6.27. The van der Waals surface area contributed by atoms with Gasteiger partial charge in [0, 0.05) is 18.6 Å². The Hall–Kier alpha value is -7.88. The fraction of sp³-hybridized carbons (Fsp3) is 0.345. The van der Waals surface area contributed by atoms with Gasteiger partial charge in [0.25, 0.3) is 0 Å². The molecule has 0 saturated heterocycles. The van der Waals surface area contributed by atoms with Gasteiger partial charge in [-0.05, 0) is 134 Å². The summed E-state index contributed by atoms with van der Waals surface area (Å²) in [4.78, 5) is 96.7. The Morgan fingerprint density at radius 1 is 0.451 bits per heavy atom. The van der Waals surface area contributed by atoms with E-state index in [2.05, 4.69) is 13.2 Å². The van der Waals surface area contributed by atoms with Gasteiger partial charge in [0.1, 0.15) is 29.6 Å². The summed E-state index contributed by atoms with van der Waals surface area (Å²) in [5.41, 5.74) is 2.10. The molecule has 16 nitrogen and oxygen atoms in total. The second-order valence-electron chi connectivity index (χ2n) is 16.5. The highest BCUT2D eigenvalue weighted by molar-refractivity contribution is 5.92. The zero-order chi connectivity index (χ0) is 51.4. The van der Waals surface area contributed by atoms with Gasteiger partial charge >= 0.3 is 41.8 Å². The average molecular weight is 977 g/mol. The number of ether oxygens (including phenoxy) is 8. The van der Waals surface area contributed by atoms with Crippen molar-refractivity contribution in [3.05, 3.63) is 133 Å². The van der Waals surface area contributed by atoms with Crippen LogP contribution in [0.15, 0.2) is 122 Å². The van der Waals surface area contributed by atoms with Gasteiger partial charge in [-0.3, -0.25) is 19.2 Å². The first-order valence-corrected chi connectivity index (χ1v) is 23.3. The van der Waals surface area contributed by atoms with Gasteiger partial charge in [-0.1, -0.05) is 51.3 Å². The van der Waals surface area contributed by atoms with E-state index in [9.17, 15) is 38.4 Å². The normalized spacial score (nSPS) is 11.4. The molecule has 0 aromatic heterocycles.